The molecule has 9 heteroatoms. The van der Waals surface area contributed by atoms with Crippen molar-refractivity contribution < 1.29 is 23.8 Å². The Morgan fingerprint density at radius 3 is 2.44 bits per heavy atom. The molecule has 9 nitrogen and oxygen atoms in total. The number of benzene rings is 1. The zero-order valence-electron chi connectivity index (χ0n) is 21.2. The van der Waals surface area contributed by atoms with Crippen molar-refractivity contribution >= 4 is 17.5 Å². The van der Waals surface area contributed by atoms with Crippen LogP contribution in [0.2, 0.25) is 0 Å². The first-order valence-electron chi connectivity index (χ1n) is 12.2. The van der Waals surface area contributed by atoms with Crippen molar-refractivity contribution in [3.05, 3.63) is 45.6 Å². The summed E-state index contributed by atoms with van der Waals surface area (Å²) in [4.78, 5) is 38.0. The van der Waals surface area contributed by atoms with Crippen LogP contribution in [0, 0.1) is 0 Å². The fraction of sp³-hybridized carbons (Fsp3) is 0.444. The largest absolute Gasteiger partial charge is 0.493 e. The van der Waals surface area contributed by atoms with Crippen LogP contribution in [0.4, 0.5) is 5.69 Å². The lowest BCUT2D eigenvalue weighted by molar-refractivity contribution is -0.121. The molecule has 4 rings (SSSR count). The maximum absolute atomic E-state index is 13.4. The molecule has 1 aliphatic carbocycles. The number of methoxy groups -OCH3 is 3. The predicted octanol–water partition coefficient (Wildman–Crippen LogP) is 2.94. The highest BCUT2D eigenvalue weighted by atomic mass is 16.5. The number of amides is 2. The number of nitrogens with one attached hydrogen (secondary N) is 3. The van der Waals surface area contributed by atoms with Gasteiger partial charge in [-0.3, -0.25) is 14.4 Å². The van der Waals surface area contributed by atoms with E-state index in [1.807, 2.05) is 12.1 Å². The summed E-state index contributed by atoms with van der Waals surface area (Å²) >= 11 is 0. The molecule has 0 bridgehead atoms. The summed E-state index contributed by atoms with van der Waals surface area (Å²) in [6.45, 7) is 2.10. The summed E-state index contributed by atoms with van der Waals surface area (Å²) in [7, 11) is 4.68. The number of ether oxygens (including phenoxy) is 3. The Kier molecular flexibility index (Phi) is 7.67. The first kappa shape index (κ1) is 25.3. The van der Waals surface area contributed by atoms with Gasteiger partial charge in [0.05, 0.1) is 33.1 Å². The van der Waals surface area contributed by atoms with E-state index in [1.165, 1.54) is 6.92 Å². The van der Waals surface area contributed by atoms with E-state index < -0.39 is 6.04 Å². The SMILES string of the molecule is COc1cc2c(c(OC)c1OC)-c1ccc(N[C@H]3CCCCNC3=O)c(=O)cc1[C@H](NC(C)=O)CC2. The third-order valence-electron chi connectivity index (χ3n) is 6.78. The lowest BCUT2D eigenvalue weighted by Crippen LogP contribution is -2.38. The number of aryl methyl sites for hydroxylation is 1. The Hall–Kier alpha value is -3.75. The second-order valence-electron chi connectivity index (χ2n) is 9.08. The molecular weight excluding hydrogens is 462 g/mol. The van der Waals surface area contributed by atoms with E-state index in [1.54, 1.807) is 33.5 Å². The fourth-order valence-corrected chi connectivity index (χ4v) is 5.09. The van der Waals surface area contributed by atoms with E-state index in [2.05, 4.69) is 16.0 Å². The molecular formula is C27H33N3O6. The fourth-order valence-electron chi connectivity index (χ4n) is 5.09. The number of anilines is 1. The van der Waals surface area contributed by atoms with E-state index in [-0.39, 0.29) is 23.3 Å². The molecule has 0 radical (unpaired) electrons. The monoisotopic (exact) mass is 495 g/mol. The summed E-state index contributed by atoms with van der Waals surface area (Å²) in [5, 5.41) is 9.05. The van der Waals surface area contributed by atoms with Crippen LogP contribution in [0.1, 0.15) is 49.8 Å². The molecule has 1 saturated heterocycles. The minimum Gasteiger partial charge on any atom is -0.493 e. The van der Waals surface area contributed by atoms with Gasteiger partial charge in [0.25, 0.3) is 0 Å². The summed E-state index contributed by atoms with van der Waals surface area (Å²) in [6.07, 6.45) is 3.64. The number of fused-ring (bicyclic) bond motifs is 3. The maximum Gasteiger partial charge on any atom is 0.242 e. The van der Waals surface area contributed by atoms with Gasteiger partial charge in [0, 0.05) is 19.0 Å². The summed E-state index contributed by atoms with van der Waals surface area (Å²) < 4.78 is 17.0. The van der Waals surface area contributed by atoms with Crippen molar-refractivity contribution in [3.63, 3.8) is 0 Å². The molecule has 2 amide bonds. The summed E-state index contributed by atoms with van der Waals surface area (Å²) in [5.41, 5.74) is 3.23. The van der Waals surface area contributed by atoms with Crippen molar-refractivity contribution in [3.8, 4) is 28.4 Å². The van der Waals surface area contributed by atoms with Crippen LogP contribution in [0.15, 0.2) is 29.1 Å². The molecule has 36 heavy (non-hydrogen) atoms. The lowest BCUT2D eigenvalue weighted by Gasteiger charge is -2.19. The van der Waals surface area contributed by atoms with Crippen LogP contribution in [0.5, 0.6) is 17.2 Å². The third kappa shape index (κ3) is 4.96. The second kappa shape index (κ2) is 10.9. The molecule has 0 unspecified atom stereocenters. The highest BCUT2D eigenvalue weighted by molar-refractivity contribution is 5.86. The molecule has 0 aromatic heterocycles. The normalized spacial score (nSPS) is 18.9. The average molecular weight is 496 g/mol. The molecule has 1 aliphatic heterocycles. The highest BCUT2D eigenvalue weighted by Crippen LogP contribution is 2.50. The summed E-state index contributed by atoms with van der Waals surface area (Å²) in [5.74, 6) is 1.18. The maximum atomic E-state index is 13.4. The lowest BCUT2D eigenvalue weighted by atomic mass is 9.95. The van der Waals surface area contributed by atoms with E-state index >= 15 is 0 Å². The zero-order valence-corrected chi connectivity index (χ0v) is 21.2. The van der Waals surface area contributed by atoms with Crippen LogP contribution < -0.4 is 35.6 Å². The van der Waals surface area contributed by atoms with Crippen molar-refractivity contribution in [2.75, 3.05) is 33.2 Å². The van der Waals surface area contributed by atoms with E-state index in [9.17, 15) is 14.4 Å². The molecule has 2 atom stereocenters. The average Bonchev–Trinajstić information content (AvgIpc) is 3.22. The molecule has 2 aliphatic rings. The van der Waals surface area contributed by atoms with Crippen LogP contribution in [0.3, 0.4) is 0 Å². The Bertz CT molecular complexity index is 1230. The van der Waals surface area contributed by atoms with Gasteiger partial charge in [-0.05, 0) is 67.0 Å². The number of hydrogen-bond donors (Lipinski definition) is 3. The molecule has 0 spiro atoms. The molecule has 0 saturated carbocycles. The van der Waals surface area contributed by atoms with Gasteiger partial charge in [0.2, 0.25) is 23.0 Å². The van der Waals surface area contributed by atoms with Crippen molar-refractivity contribution in [1.82, 2.24) is 10.6 Å². The van der Waals surface area contributed by atoms with Crippen LogP contribution >= 0.6 is 0 Å². The van der Waals surface area contributed by atoms with Gasteiger partial charge in [-0.25, -0.2) is 0 Å². The highest BCUT2D eigenvalue weighted by Gasteiger charge is 2.30. The van der Waals surface area contributed by atoms with Crippen molar-refractivity contribution in [2.24, 2.45) is 0 Å². The number of rotatable bonds is 6. The number of hydrogen-bond acceptors (Lipinski definition) is 7. The van der Waals surface area contributed by atoms with Crippen LogP contribution in [0.25, 0.3) is 11.1 Å². The molecule has 1 heterocycles. The first-order valence-corrected chi connectivity index (χ1v) is 12.2. The van der Waals surface area contributed by atoms with Crippen LogP contribution in [-0.4, -0.2) is 45.7 Å². The standard InChI is InChI=1S/C27H33N3O6/c1-15(31)29-19-10-8-16-13-23(34-2)25(35-3)26(36-4)24(16)17-9-11-20(22(32)14-18(17)19)30-21-7-5-6-12-28-27(21)33/h9,11,13-14,19,21H,5-8,10,12H2,1-4H3,(H,28,33)(H,29,31)(H,30,32)/t19-,21+/m1/s1. The topological polar surface area (TPSA) is 115 Å². The smallest absolute Gasteiger partial charge is 0.242 e. The quantitative estimate of drug-likeness (QED) is 0.564. The van der Waals surface area contributed by atoms with Gasteiger partial charge < -0.3 is 30.2 Å². The zero-order chi connectivity index (χ0) is 25.8. The van der Waals surface area contributed by atoms with Gasteiger partial charge >= 0.3 is 0 Å². The van der Waals surface area contributed by atoms with Crippen LogP contribution in [-0.2, 0) is 16.0 Å². The van der Waals surface area contributed by atoms with Gasteiger partial charge in [-0.1, -0.05) is 6.07 Å². The minimum absolute atomic E-state index is 0.111. The third-order valence-corrected chi connectivity index (χ3v) is 6.78. The second-order valence-corrected chi connectivity index (χ2v) is 9.08. The molecule has 192 valence electrons. The van der Waals surface area contributed by atoms with Gasteiger partial charge in [0.1, 0.15) is 6.04 Å². The van der Waals surface area contributed by atoms with Crippen molar-refractivity contribution in [2.45, 2.75) is 51.1 Å². The Morgan fingerprint density at radius 1 is 0.972 bits per heavy atom. The predicted molar refractivity (Wildman–Crippen MR) is 137 cm³/mol. The molecule has 1 fully saturated rings. The summed E-state index contributed by atoms with van der Waals surface area (Å²) in [6, 6.07) is 6.14. The Labute approximate surface area is 210 Å². The molecule has 2 aromatic rings. The van der Waals surface area contributed by atoms with Gasteiger partial charge in [0.15, 0.2) is 11.5 Å². The van der Waals surface area contributed by atoms with Crippen molar-refractivity contribution in [1.29, 1.82) is 0 Å². The Balaban J connectivity index is 1.92. The van der Waals surface area contributed by atoms with E-state index in [4.69, 9.17) is 14.2 Å². The molecule has 2 aromatic carbocycles. The van der Waals surface area contributed by atoms with Gasteiger partial charge in [-0.15, -0.1) is 0 Å². The van der Waals surface area contributed by atoms with E-state index in [0.29, 0.717) is 54.3 Å². The minimum atomic E-state index is -0.486. The first-order chi connectivity index (χ1) is 17.4. The van der Waals surface area contributed by atoms with Gasteiger partial charge in [-0.2, -0.15) is 0 Å². The molecule has 3 N–H and O–H groups in total. The van der Waals surface area contributed by atoms with E-state index in [0.717, 1.165) is 29.5 Å². The number of carbonyl (C=O) groups excluding carboxylic acids is 2. The number of carbonyl (C=O) groups is 2. The Morgan fingerprint density at radius 2 is 1.75 bits per heavy atom.